The molecule has 4 unspecified atom stereocenters. The van der Waals surface area contributed by atoms with Gasteiger partial charge in [0.1, 0.15) is 0 Å². The smallest absolute Gasteiger partial charge is 0.308 e. The molecule has 0 radical (unpaired) electrons. The SMILES string of the molecule is CC1CC(C)(C)CC1N1CCC(C(=O)O)C1C. The Balaban J connectivity index is 2.07. The van der Waals surface area contributed by atoms with Crippen LogP contribution in [0.3, 0.4) is 0 Å². The molecule has 0 aromatic heterocycles. The van der Waals surface area contributed by atoms with Crippen molar-refractivity contribution in [2.24, 2.45) is 17.3 Å². The molecule has 1 N–H and O–H groups in total. The second kappa shape index (κ2) is 4.27. The maximum atomic E-state index is 11.2. The average Bonchev–Trinajstić information content (AvgIpc) is 2.66. The van der Waals surface area contributed by atoms with E-state index in [-0.39, 0.29) is 12.0 Å². The van der Waals surface area contributed by atoms with Crippen molar-refractivity contribution < 1.29 is 9.90 Å². The second-order valence-corrected chi connectivity index (χ2v) is 6.83. The van der Waals surface area contributed by atoms with Gasteiger partial charge >= 0.3 is 5.97 Å². The Morgan fingerprint density at radius 3 is 2.35 bits per heavy atom. The zero-order valence-corrected chi connectivity index (χ0v) is 11.4. The minimum absolute atomic E-state index is 0.161. The summed E-state index contributed by atoms with van der Waals surface area (Å²) in [6.45, 7) is 10.0. The molecule has 3 nitrogen and oxygen atoms in total. The molecule has 3 heteroatoms. The molecule has 98 valence electrons. The summed E-state index contributed by atoms with van der Waals surface area (Å²) in [5.41, 5.74) is 0.422. The Labute approximate surface area is 104 Å². The van der Waals surface area contributed by atoms with Crippen molar-refractivity contribution in [2.45, 2.75) is 59.0 Å². The summed E-state index contributed by atoms with van der Waals surface area (Å²) in [4.78, 5) is 13.6. The minimum atomic E-state index is -0.620. The first-order chi connectivity index (χ1) is 7.82. The van der Waals surface area contributed by atoms with E-state index in [1.807, 2.05) is 0 Å². The highest BCUT2D eigenvalue weighted by Gasteiger charge is 2.45. The van der Waals surface area contributed by atoms with Gasteiger partial charge in [0.05, 0.1) is 5.92 Å². The summed E-state index contributed by atoms with van der Waals surface area (Å²) in [6.07, 6.45) is 3.30. The maximum Gasteiger partial charge on any atom is 0.308 e. The molecule has 2 aliphatic rings. The van der Waals surface area contributed by atoms with Crippen molar-refractivity contribution in [2.75, 3.05) is 6.54 Å². The molecule has 0 aromatic carbocycles. The molecule has 1 heterocycles. The molecule has 4 atom stereocenters. The predicted molar refractivity (Wildman–Crippen MR) is 67.9 cm³/mol. The van der Waals surface area contributed by atoms with Crippen molar-refractivity contribution in [3.63, 3.8) is 0 Å². The predicted octanol–water partition coefficient (Wildman–Crippen LogP) is 2.61. The van der Waals surface area contributed by atoms with Crippen LogP contribution in [0.1, 0.15) is 47.0 Å². The first-order valence-electron chi connectivity index (χ1n) is 6.80. The van der Waals surface area contributed by atoms with E-state index in [2.05, 4.69) is 32.6 Å². The van der Waals surface area contributed by atoms with Gasteiger partial charge in [-0.2, -0.15) is 0 Å². The summed E-state index contributed by atoms with van der Waals surface area (Å²) in [7, 11) is 0. The van der Waals surface area contributed by atoms with Crippen LogP contribution in [0.25, 0.3) is 0 Å². The van der Waals surface area contributed by atoms with Crippen LogP contribution in [-0.4, -0.2) is 34.6 Å². The lowest BCUT2D eigenvalue weighted by Crippen LogP contribution is -2.42. The highest BCUT2D eigenvalue weighted by Crippen LogP contribution is 2.45. The number of hydrogen-bond donors (Lipinski definition) is 1. The van der Waals surface area contributed by atoms with Gasteiger partial charge in [-0.15, -0.1) is 0 Å². The van der Waals surface area contributed by atoms with Crippen LogP contribution in [0, 0.1) is 17.3 Å². The summed E-state index contributed by atoms with van der Waals surface area (Å²) in [6, 6.07) is 0.790. The zero-order valence-electron chi connectivity index (χ0n) is 11.4. The Kier molecular flexibility index (Phi) is 3.23. The summed E-state index contributed by atoms with van der Waals surface area (Å²) >= 11 is 0. The van der Waals surface area contributed by atoms with E-state index in [4.69, 9.17) is 0 Å². The molecule has 0 aromatic rings. The Morgan fingerprint density at radius 1 is 1.29 bits per heavy atom. The van der Waals surface area contributed by atoms with E-state index in [1.165, 1.54) is 12.8 Å². The van der Waals surface area contributed by atoms with Crippen LogP contribution in [0.15, 0.2) is 0 Å². The van der Waals surface area contributed by atoms with Gasteiger partial charge in [-0.1, -0.05) is 20.8 Å². The molecule has 2 fully saturated rings. The van der Waals surface area contributed by atoms with Crippen molar-refractivity contribution in [3.8, 4) is 0 Å². The van der Waals surface area contributed by atoms with E-state index in [9.17, 15) is 9.90 Å². The molecule has 1 aliphatic heterocycles. The molecular weight excluding hydrogens is 214 g/mol. The maximum absolute atomic E-state index is 11.2. The van der Waals surface area contributed by atoms with Gasteiger partial charge in [-0.25, -0.2) is 0 Å². The molecule has 1 aliphatic carbocycles. The largest absolute Gasteiger partial charge is 0.481 e. The van der Waals surface area contributed by atoms with Crippen LogP contribution >= 0.6 is 0 Å². The number of carboxylic acids is 1. The van der Waals surface area contributed by atoms with Crippen molar-refractivity contribution in [3.05, 3.63) is 0 Å². The van der Waals surface area contributed by atoms with Crippen LogP contribution in [0.2, 0.25) is 0 Å². The van der Waals surface area contributed by atoms with Gasteiger partial charge in [0.15, 0.2) is 0 Å². The van der Waals surface area contributed by atoms with E-state index >= 15 is 0 Å². The topological polar surface area (TPSA) is 40.5 Å². The number of nitrogens with zero attached hydrogens (tertiary/aromatic N) is 1. The lowest BCUT2D eigenvalue weighted by molar-refractivity contribution is -0.142. The van der Waals surface area contributed by atoms with Crippen molar-refractivity contribution in [1.29, 1.82) is 0 Å². The average molecular weight is 239 g/mol. The van der Waals surface area contributed by atoms with Crippen LogP contribution in [0.5, 0.6) is 0 Å². The number of aliphatic carboxylic acids is 1. The van der Waals surface area contributed by atoms with Gasteiger partial charge in [0.2, 0.25) is 0 Å². The number of likely N-dealkylation sites (tertiary alicyclic amines) is 1. The number of rotatable bonds is 2. The Bertz CT molecular complexity index is 313. The third kappa shape index (κ3) is 2.35. The second-order valence-electron chi connectivity index (χ2n) is 6.83. The third-order valence-electron chi connectivity index (χ3n) is 4.84. The highest BCUT2D eigenvalue weighted by atomic mass is 16.4. The van der Waals surface area contributed by atoms with Crippen LogP contribution in [0.4, 0.5) is 0 Å². The van der Waals surface area contributed by atoms with Gasteiger partial charge in [-0.3, -0.25) is 9.69 Å². The molecule has 2 rings (SSSR count). The number of carbonyl (C=O) groups is 1. The highest BCUT2D eigenvalue weighted by molar-refractivity contribution is 5.71. The van der Waals surface area contributed by atoms with Crippen molar-refractivity contribution in [1.82, 2.24) is 4.90 Å². The number of carboxylic acid groups (broad SMARTS) is 1. The van der Waals surface area contributed by atoms with E-state index < -0.39 is 5.97 Å². The normalized spacial score (nSPS) is 41.9. The molecule has 17 heavy (non-hydrogen) atoms. The monoisotopic (exact) mass is 239 g/mol. The third-order valence-corrected chi connectivity index (χ3v) is 4.84. The van der Waals surface area contributed by atoms with Gasteiger partial charge in [-0.05, 0) is 44.1 Å². The molecule has 1 saturated carbocycles. The molecule has 1 saturated heterocycles. The fourth-order valence-corrected chi connectivity index (χ4v) is 4.06. The van der Waals surface area contributed by atoms with Gasteiger partial charge in [0.25, 0.3) is 0 Å². The lowest BCUT2D eigenvalue weighted by atomic mass is 9.91. The van der Waals surface area contributed by atoms with Gasteiger partial charge in [0, 0.05) is 12.1 Å². The van der Waals surface area contributed by atoms with E-state index in [0.29, 0.717) is 17.4 Å². The summed E-state index contributed by atoms with van der Waals surface area (Å²) in [5.74, 6) is -0.0872. The fourth-order valence-electron chi connectivity index (χ4n) is 4.06. The molecule has 0 bridgehead atoms. The quantitative estimate of drug-likeness (QED) is 0.805. The Morgan fingerprint density at radius 2 is 1.94 bits per heavy atom. The molecule has 0 amide bonds. The first kappa shape index (κ1) is 12.9. The zero-order chi connectivity index (χ0) is 12.8. The van der Waals surface area contributed by atoms with Gasteiger partial charge < -0.3 is 5.11 Å². The molecule has 0 spiro atoms. The molecular formula is C14H25NO2. The fraction of sp³-hybridized carbons (Fsp3) is 0.929. The standard InChI is InChI=1S/C14H25NO2/c1-9-7-14(3,4)8-12(9)15-6-5-11(10(15)2)13(16)17/h9-12H,5-8H2,1-4H3,(H,16,17). The lowest BCUT2D eigenvalue weighted by Gasteiger charge is -2.32. The van der Waals surface area contributed by atoms with Crippen molar-refractivity contribution >= 4 is 5.97 Å². The minimum Gasteiger partial charge on any atom is -0.481 e. The van der Waals surface area contributed by atoms with E-state index in [0.717, 1.165) is 13.0 Å². The van der Waals surface area contributed by atoms with E-state index in [1.54, 1.807) is 0 Å². The van der Waals surface area contributed by atoms with Crippen LogP contribution in [-0.2, 0) is 4.79 Å². The number of hydrogen-bond acceptors (Lipinski definition) is 2. The Hall–Kier alpha value is -0.570. The summed E-state index contributed by atoms with van der Waals surface area (Å²) in [5, 5.41) is 9.19. The van der Waals surface area contributed by atoms with Crippen LogP contribution < -0.4 is 0 Å². The first-order valence-corrected chi connectivity index (χ1v) is 6.80. The summed E-state index contributed by atoms with van der Waals surface area (Å²) < 4.78 is 0.